The van der Waals surface area contributed by atoms with Gasteiger partial charge in [0, 0.05) is 11.1 Å². The Balaban J connectivity index is 2.14. The zero-order valence-electron chi connectivity index (χ0n) is 13.5. The number of sulfone groups is 1. The van der Waals surface area contributed by atoms with Crippen LogP contribution in [0.3, 0.4) is 0 Å². The number of rotatable bonds is 5. The first-order valence-electron chi connectivity index (χ1n) is 7.33. The van der Waals surface area contributed by atoms with Crippen molar-refractivity contribution in [3.05, 3.63) is 29.3 Å². The summed E-state index contributed by atoms with van der Waals surface area (Å²) in [6.45, 7) is 3.19. The average molecular weight is 339 g/mol. The van der Waals surface area contributed by atoms with Crippen molar-refractivity contribution in [3.63, 3.8) is 0 Å². The van der Waals surface area contributed by atoms with Gasteiger partial charge in [0.25, 0.3) is 0 Å². The first-order valence-corrected chi connectivity index (χ1v) is 9.15. The minimum atomic E-state index is -3.09. The second-order valence-corrected chi connectivity index (χ2v) is 8.39. The highest BCUT2D eigenvalue weighted by atomic mass is 32.2. The van der Waals surface area contributed by atoms with Crippen LogP contribution in [0.1, 0.15) is 36.2 Å². The van der Waals surface area contributed by atoms with Crippen molar-refractivity contribution < 1.29 is 22.7 Å². The standard InChI is InChI=1S/C16H21NO5S/c1-11(18)12-4-5-14(22-3)13(8-12)9-15(19)17-16(2)6-7-23(20,21)10-16/h4-5,8H,6-7,9-10H2,1-3H3,(H,17,19). The number of ketones is 1. The Morgan fingerprint density at radius 2 is 2.04 bits per heavy atom. The van der Waals surface area contributed by atoms with Crippen LogP contribution in [0.5, 0.6) is 5.75 Å². The van der Waals surface area contributed by atoms with Gasteiger partial charge in [0.05, 0.1) is 30.6 Å². The zero-order chi connectivity index (χ0) is 17.3. The number of carbonyl (C=O) groups is 2. The average Bonchev–Trinajstić information content (AvgIpc) is 2.71. The van der Waals surface area contributed by atoms with E-state index >= 15 is 0 Å². The van der Waals surface area contributed by atoms with E-state index in [0.29, 0.717) is 23.3 Å². The lowest BCUT2D eigenvalue weighted by atomic mass is 10.00. The van der Waals surface area contributed by atoms with Crippen LogP contribution >= 0.6 is 0 Å². The summed E-state index contributed by atoms with van der Waals surface area (Å²) in [6.07, 6.45) is 0.436. The quantitative estimate of drug-likeness (QED) is 0.813. The third-order valence-corrected chi connectivity index (χ3v) is 5.89. The minimum Gasteiger partial charge on any atom is -0.496 e. The molecule has 0 bridgehead atoms. The Morgan fingerprint density at radius 3 is 2.57 bits per heavy atom. The summed E-state index contributed by atoms with van der Waals surface area (Å²) in [4.78, 5) is 23.8. The molecule has 6 nitrogen and oxygen atoms in total. The van der Waals surface area contributed by atoms with E-state index in [1.165, 1.54) is 14.0 Å². The second-order valence-electron chi connectivity index (χ2n) is 6.21. The van der Waals surface area contributed by atoms with E-state index in [-0.39, 0.29) is 29.6 Å². The number of carbonyl (C=O) groups excluding carboxylic acids is 2. The Labute approximate surface area is 136 Å². The molecule has 1 fully saturated rings. The molecule has 1 aliphatic heterocycles. The van der Waals surface area contributed by atoms with E-state index in [9.17, 15) is 18.0 Å². The molecule has 1 amide bonds. The van der Waals surface area contributed by atoms with Crippen molar-refractivity contribution in [2.45, 2.75) is 32.2 Å². The van der Waals surface area contributed by atoms with E-state index in [2.05, 4.69) is 5.32 Å². The van der Waals surface area contributed by atoms with Gasteiger partial charge in [0.15, 0.2) is 15.6 Å². The van der Waals surface area contributed by atoms with E-state index < -0.39 is 15.4 Å². The van der Waals surface area contributed by atoms with Gasteiger partial charge in [-0.15, -0.1) is 0 Å². The monoisotopic (exact) mass is 339 g/mol. The zero-order valence-corrected chi connectivity index (χ0v) is 14.3. The molecule has 7 heteroatoms. The molecule has 23 heavy (non-hydrogen) atoms. The third-order valence-electron chi connectivity index (χ3n) is 3.98. The van der Waals surface area contributed by atoms with Crippen molar-refractivity contribution in [1.82, 2.24) is 5.32 Å². The topological polar surface area (TPSA) is 89.5 Å². The molecular formula is C16H21NO5S. The number of amides is 1. The summed E-state index contributed by atoms with van der Waals surface area (Å²) < 4.78 is 28.4. The molecule has 1 saturated heterocycles. The lowest BCUT2D eigenvalue weighted by Gasteiger charge is -2.24. The second kappa shape index (κ2) is 6.31. The van der Waals surface area contributed by atoms with Gasteiger partial charge in [-0.3, -0.25) is 9.59 Å². The molecule has 2 rings (SSSR count). The highest BCUT2D eigenvalue weighted by molar-refractivity contribution is 7.91. The van der Waals surface area contributed by atoms with E-state index in [4.69, 9.17) is 4.74 Å². The Bertz CT molecular complexity index is 741. The molecule has 0 spiro atoms. The fraction of sp³-hybridized carbons (Fsp3) is 0.500. The molecule has 0 aromatic heterocycles. The third kappa shape index (κ3) is 4.31. The molecule has 0 radical (unpaired) electrons. The van der Waals surface area contributed by atoms with Gasteiger partial charge in [-0.2, -0.15) is 0 Å². The van der Waals surface area contributed by atoms with Gasteiger partial charge in [-0.05, 0) is 38.5 Å². The maximum atomic E-state index is 12.3. The molecule has 1 heterocycles. The minimum absolute atomic E-state index is 0.0277. The van der Waals surface area contributed by atoms with Gasteiger partial charge in [0.1, 0.15) is 5.75 Å². The van der Waals surface area contributed by atoms with Gasteiger partial charge >= 0.3 is 0 Å². The summed E-state index contributed by atoms with van der Waals surface area (Å²) in [5, 5.41) is 2.80. The van der Waals surface area contributed by atoms with Crippen LogP contribution < -0.4 is 10.1 Å². The van der Waals surface area contributed by atoms with Crippen LogP contribution in [-0.2, 0) is 21.1 Å². The predicted molar refractivity (Wildman–Crippen MR) is 86.5 cm³/mol. The number of ether oxygens (including phenoxy) is 1. The van der Waals surface area contributed by atoms with Crippen LogP contribution in [-0.4, -0.2) is 44.3 Å². The molecule has 0 saturated carbocycles. The molecule has 1 aromatic rings. The first-order chi connectivity index (χ1) is 10.6. The Hall–Kier alpha value is -1.89. The summed E-state index contributed by atoms with van der Waals surface area (Å²) >= 11 is 0. The predicted octanol–water partition coefficient (Wildman–Crippen LogP) is 1.13. The van der Waals surface area contributed by atoms with Gasteiger partial charge in [0.2, 0.25) is 5.91 Å². The van der Waals surface area contributed by atoms with Crippen LogP contribution in [0.15, 0.2) is 18.2 Å². The maximum absolute atomic E-state index is 12.3. The molecule has 126 valence electrons. The van der Waals surface area contributed by atoms with Crippen LogP contribution in [0, 0.1) is 0 Å². The van der Waals surface area contributed by atoms with Gasteiger partial charge in [-0.25, -0.2) is 8.42 Å². The number of benzene rings is 1. The van der Waals surface area contributed by atoms with Crippen molar-refractivity contribution in [2.24, 2.45) is 0 Å². The maximum Gasteiger partial charge on any atom is 0.225 e. The van der Waals surface area contributed by atoms with Gasteiger partial charge < -0.3 is 10.1 Å². The van der Waals surface area contributed by atoms with E-state index in [1.807, 2.05) is 0 Å². The molecule has 1 atom stereocenters. The molecule has 1 aliphatic rings. The van der Waals surface area contributed by atoms with Crippen LogP contribution in [0.2, 0.25) is 0 Å². The van der Waals surface area contributed by atoms with E-state index in [0.717, 1.165) is 0 Å². The number of hydrogen-bond donors (Lipinski definition) is 1. The fourth-order valence-corrected chi connectivity index (χ4v) is 4.89. The fourth-order valence-electron chi connectivity index (χ4n) is 2.80. The first kappa shape index (κ1) is 17.5. The Kier molecular flexibility index (Phi) is 4.79. The number of methoxy groups -OCH3 is 1. The highest BCUT2D eigenvalue weighted by Crippen LogP contribution is 2.24. The normalized spacial score (nSPS) is 22.6. The van der Waals surface area contributed by atoms with Gasteiger partial charge in [-0.1, -0.05) is 0 Å². The smallest absolute Gasteiger partial charge is 0.225 e. The molecule has 1 unspecified atom stereocenters. The summed E-state index contributed by atoms with van der Waals surface area (Å²) in [5.74, 6) is 0.185. The molecule has 1 aromatic carbocycles. The van der Waals surface area contributed by atoms with Crippen molar-refractivity contribution in [2.75, 3.05) is 18.6 Å². The number of Topliss-reactive ketones (excluding diaryl/α,β-unsaturated/α-hetero) is 1. The van der Waals surface area contributed by atoms with Crippen LogP contribution in [0.4, 0.5) is 0 Å². The molecular weight excluding hydrogens is 318 g/mol. The summed E-state index contributed by atoms with van der Waals surface area (Å²) in [5.41, 5.74) is 0.367. The van der Waals surface area contributed by atoms with Crippen molar-refractivity contribution in [3.8, 4) is 5.75 Å². The molecule has 1 N–H and O–H groups in total. The lowest BCUT2D eigenvalue weighted by Crippen LogP contribution is -2.47. The highest BCUT2D eigenvalue weighted by Gasteiger charge is 2.39. The lowest BCUT2D eigenvalue weighted by molar-refractivity contribution is -0.121. The largest absolute Gasteiger partial charge is 0.496 e. The number of hydrogen-bond acceptors (Lipinski definition) is 5. The van der Waals surface area contributed by atoms with E-state index in [1.54, 1.807) is 25.1 Å². The number of nitrogens with one attached hydrogen (secondary N) is 1. The Morgan fingerprint density at radius 1 is 1.35 bits per heavy atom. The van der Waals surface area contributed by atoms with Crippen molar-refractivity contribution >= 4 is 21.5 Å². The molecule has 0 aliphatic carbocycles. The van der Waals surface area contributed by atoms with Crippen molar-refractivity contribution in [1.29, 1.82) is 0 Å². The van der Waals surface area contributed by atoms with Crippen LogP contribution in [0.25, 0.3) is 0 Å². The SMILES string of the molecule is COc1ccc(C(C)=O)cc1CC(=O)NC1(C)CCS(=O)(=O)C1. The summed E-state index contributed by atoms with van der Waals surface area (Å²) in [6, 6.07) is 4.93. The summed E-state index contributed by atoms with van der Waals surface area (Å²) in [7, 11) is -1.59.